The lowest BCUT2D eigenvalue weighted by atomic mass is 9.78. The molecule has 0 radical (unpaired) electrons. The number of hydrogen-bond donors (Lipinski definition) is 1. The molecule has 1 nitrogen and oxygen atoms in total. The predicted molar refractivity (Wildman–Crippen MR) is 82.3 cm³/mol. The van der Waals surface area contributed by atoms with E-state index in [1.54, 1.807) is 0 Å². The highest BCUT2D eigenvalue weighted by Gasteiger charge is 2.42. The summed E-state index contributed by atoms with van der Waals surface area (Å²) in [6.45, 7) is 1.99. The third-order valence-corrected chi connectivity index (χ3v) is 5.73. The highest BCUT2D eigenvalue weighted by atomic mass is 127. The molecule has 0 aromatic heterocycles. The fourth-order valence-electron chi connectivity index (χ4n) is 4.06. The number of rotatable bonds is 3. The van der Waals surface area contributed by atoms with Gasteiger partial charge >= 0.3 is 0 Å². The maximum atomic E-state index is 10.8. The number of fused-ring (bicyclic) bond motifs is 2. The maximum Gasteiger partial charge on any atom is 0.0871 e. The molecular formula is C16H21IO. The van der Waals surface area contributed by atoms with Crippen LogP contribution in [-0.4, -0.2) is 5.11 Å². The summed E-state index contributed by atoms with van der Waals surface area (Å²) in [5.41, 5.74) is 0.421. The Hall–Kier alpha value is -0.0900. The minimum Gasteiger partial charge on any atom is -0.385 e. The van der Waals surface area contributed by atoms with Gasteiger partial charge in [0.2, 0.25) is 0 Å². The number of halogens is 1. The molecule has 3 rings (SSSR count). The van der Waals surface area contributed by atoms with Crippen LogP contribution >= 0.6 is 22.6 Å². The van der Waals surface area contributed by atoms with E-state index >= 15 is 0 Å². The van der Waals surface area contributed by atoms with Crippen molar-refractivity contribution in [2.45, 2.75) is 44.6 Å². The topological polar surface area (TPSA) is 20.2 Å². The van der Waals surface area contributed by atoms with Crippen molar-refractivity contribution in [3.63, 3.8) is 0 Å². The molecule has 0 saturated heterocycles. The van der Waals surface area contributed by atoms with Crippen LogP contribution in [0, 0.1) is 21.3 Å². The standard InChI is InChI=1S/C16H21IO/c1-16(18,14-4-6-15(17)7-5-14)10-13-9-11-2-3-12(13)8-11/h4-7,11-13,18H,2-3,8-10H2,1H3. The van der Waals surface area contributed by atoms with Crippen LogP contribution in [0.4, 0.5) is 0 Å². The van der Waals surface area contributed by atoms with E-state index in [9.17, 15) is 5.11 Å². The van der Waals surface area contributed by atoms with E-state index in [0.29, 0.717) is 0 Å². The molecule has 2 aliphatic carbocycles. The first-order valence-corrected chi connectivity index (χ1v) is 8.11. The van der Waals surface area contributed by atoms with Gasteiger partial charge in [-0.25, -0.2) is 0 Å². The van der Waals surface area contributed by atoms with Gasteiger partial charge in [0.15, 0.2) is 0 Å². The summed E-state index contributed by atoms with van der Waals surface area (Å²) < 4.78 is 1.23. The van der Waals surface area contributed by atoms with Crippen molar-refractivity contribution in [2.75, 3.05) is 0 Å². The van der Waals surface area contributed by atoms with Gasteiger partial charge in [-0.05, 0) is 90.6 Å². The van der Waals surface area contributed by atoms with E-state index in [2.05, 4.69) is 46.9 Å². The highest BCUT2D eigenvalue weighted by Crippen LogP contribution is 2.51. The molecule has 0 heterocycles. The largest absolute Gasteiger partial charge is 0.385 e. The van der Waals surface area contributed by atoms with Gasteiger partial charge in [-0.15, -0.1) is 0 Å². The summed E-state index contributed by atoms with van der Waals surface area (Å²) in [6.07, 6.45) is 6.55. The normalized spacial score (nSPS) is 33.6. The molecule has 2 fully saturated rings. The molecule has 98 valence electrons. The number of aliphatic hydroxyl groups is 1. The van der Waals surface area contributed by atoms with Crippen molar-refractivity contribution in [3.05, 3.63) is 33.4 Å². The quantitative estimate of drug-likeness (QED) is 0.800. The Morgan fingerprint density at radius 1 is 1.22 bits per heavy atom. The molecule has 0 spiro atoms. The van der Waals surface area contributed by atoms with Gasteiger partial charge < -0.3 is 5.11 Å². The van der Waals surface area contributed by atoms with Crippen molar-refractivity contribution >= 4 is 22.6 Å². The average molecular weight is 356 g/mol. The van der Waals surface area contributed by atoms with Crippen LogP contribution in [0.15, 0.2) is 24.3 Å². The lowest BCUT2D eigenvalue weighted by Gasteiger charge is -2.31. The zero-order chi connectivity index (χ0) is 12.8. The van der Waals surface area contributed by atoms with Crippen molar-refractivity contribution in [1.82, 2.24) is 0 Å². The van der Waals surface area contributed by atoms with Gasteiger partial charge in [0.25, 0.3) is 0 Å². The van der Waals surface area contributed by atoms with Crippen LogP contribution in [0.3, 0.4) is 0 Å². The fourth-order valence-corrected chi connectivity index (χ4v) is 4.42. The minimum absolute atomic E-state index is 0.653. The zero-order valence-electron chi connectivity index (χ0n) is 10.9. The maximum absolute atomic E-state index is 10.8. The third kappa shape index (κ3) is 2.46. The smallest absolute Gasteiger partial charge is 0.0871 e. The molecule has 2 bridgehead atoms. The van der Waals surface area contributed by atoms with E-state index < -0.39 is 5.60 Å². The van der Waals surface area contributed by atoms with Crippen molar-refractivity contribution in [2.24, 2.45) is 17.8 Å². The Morgan fingerprint density at radius 3 is 2.50 bits per heavy atom. The van der Waals surface area contributed by atoms with E-state index in [1.165, 1.54) is 29.3 Å². The first-order chi connectivity index (χ1) is 8.54. The summed E-state index contributed by atoms with van der Waals surface area (Å²) >= 11 is 2.31. The molecule has 18 heavy (non-hydrogen) atoms. The van der Waals surface area contributed by atoms with Gasteiger partial charge in [0, 0.05) is 3.57 Å². The number of hydrogen-bond acceptors (Lipinski definition) is 1. The van der Waals surface area contributed by atoms with Crippen molar-refractivity contribution in [1.29, 1.82) is 0 Å². The molecule has 1 N–H and O–H groups in total. The van der Waals surface area contributed by atoms with E-state index in [1.807, 2.05) is 6.92 Å². The summed E-state index contributed by atoms with van der Waals surface area (Å²) in [4.78, 5) is 0. The van der Waals surface area contributed by atoms with Crippen LogP contribution in [0.5, 0.6) is 0 Å². The summed E-state index contributed by atoms with van der Waals surface area (Å²) in [6, 6.07) is 8.33. The Kier molecular flexibility index (Phi) is 3.43. The Labute approximate surface area is 123 Å². The van der Waals surface area contributed by atoms with Gasteiger partial charge in [-0.3, -0.25) is 0 Å². The van der Waals surface area contributed by atoms with Crippen LogP contribution in [0.2, 0.25) is 0 Å². The first-order valence-electron chi connectivity index (χ1n) is 7.03. The van der Waals surface area contributed by atoms with Gasteiger partial charge in [0.05, 0.1) is 5.60 Å². The SMILES string of the molecule is CC(O)(CC1CC2CCC1C2)c1ccc(I)cc1. The van der Waals surface area contributed by atoms with E-state index in [-0.39, 0.29) is 0 Å². The highest BCUT2D eigenvalue weighted by molar-refractivity contribution is 14.1. The van der Waals surface area contributed by atoms with Crippen LogP contribution < -0.4 is 0 Å². The molecule has 1 aromatic rings. The molecule has 2 aliphatic rings. The molecule has 1 aromatic carbocycles. The van der Waals surface area contributed by atoms with Crippen LogP contribution in [0.25, 0.3) is 0 Å². The predicted octanol–water partition coefficient (Wildman–Crippen LogP) is 4.33. The summed E-state index contributed by atoms with van der Waals surface area (Å²) in [7, 11) is 0. The Balaban J connectivity index is 1.72. The van der Waals surface area contributed by atoms with Crippen LogP contribution in [0.1, 0.15) is 44.6 Å². The molecular weight excluding hydrogens is 335 g/mol. The van der Waals surface area contributed by atoms with E-state index in [4.69, 9.17) is 0 Å². The summed E-state index contributed by atoms with van der Waals surface area (Å²) in [5.74, 6) is 2.61. The van der Waals surface area contributed by atoms with Gasteiger partial charge in [-0.2, -0.15) is 0 Å². The number of benzene rings is 1. The fraction of sp³-hybridized carbons (Fsp3) is 0.625. The molecule has 0 amide bonds. The Morgan fingerprint density at radius 2 is 1.94 bits per heavy atom. The average Bonchev–Trinajstić information content (AvgIpc) is 2.91. The van der Waals surface area contributed by atoms with Crippen molar-refractivity contribution in [3.8, 4) is 0 Å². The molecule has 4 atom stereocenters. The molecule has 2 saturated carbocycles. The second-order valence-electron chi connectivity index (χ2n) is 6.42. The monoisotopic (exact) mass is 356 g/mol. The second kappa shape index (κ2) is 4.78. The minimum atomic E-state index is -0.653. The Bertz CT molecular complexity index is 423. The van der Waals surface area contributed by atoms with E-state index in [0.717, 1.165) is 29.7 Å². The van der Waals surface area contributed by atoms with Crippen molar-refractivity contribution < 1.29 is 5.11 Å². The third-order valence-electron chi connectivity index (χ3n) is 5.01. The summed E-state index contributed by atoms with van der Waals surface area (Å²) in [5, 5.41) is 10.8. The van der Waals surface area contributed by atoms with Gasteiger partial charge in [-0.1, -0.05) is 18.6 Å². The first kappa shape index (κ1) is 12.9. The molecule has 2 heteroatoms. The zero-order valence-corrected chi connectivity index (χ0v) is 13.1. The molecule has 0 aliphatic heterocycles. The molecule has 4 unspecified atom stereocenters. The second-order valence-corrected chi connectivity index (χ2v) is 7.67. The van der Waals surface area contributed by atoms with Gasteiger partial charge in [0.1, 0.15) is 0 Å². The lowest BCUT2D eigenvalue weighted by Crippen LogP contribution is -2.27. The lowest BCUT2D eigenvalue weighted by molar-refractivity contribution is 0.0204. The van der Waals surface area contributed by atoms with Crippen LogP contribution in [-0.2, 0) is 5.60 Å².